The standard InChI is InChI=1S/C26H25N3O5S2/c30-25(28-23(26(31)32)12-18-14-27-22-8-4-3-7-21(18)22)24-13-19(35)15-29(24)36(33,34)20-10-9-16-5-1-2-6-17(16)11-20/h1-11,14,19,23-24,27,35H,12-13,15H2,(H,28,30)(H,31,32)/t19-,23?,24+/m1/s1. The average Bonchev–Trinajstić information content (AvgIpc) is 3.47. The van der Waals surface area contributed by atoms with Crippen molar-refractivity contribution in [2.24, 2.45) is 0 Å². The molecule has 8 nitrogen and oxygen atoms in total. The maximum absolute atomic E-state index is 13.6. The van der Waals surface area contributed by atoms with Gasteiger partial charge in [-0.3, -0.25) is 4.79 Å². The number of thiol groups is 1. The van der Waals surface area contributed by atoms with Gasteiger partial charge in [-0.05, 0) is 41.0 Å². The van der Waals surface area contributed by atoms with Crippen molar-refractivity contribution in [3.8, 4) is 0 Å². The number of carbonyl (C=O) groups is 2. The Morgan fingerprint density at radius 3 is 2.58 bits per heavy atom. The van der Waals surface area contributed by atoms with E-state index in [1.165, 1.54) is 6.07 Å². The number of H-pyrrole nitrogens is 1. The molecule has 4 aromatic rings. The molecule has 3 atom stereocenters. The van der Waals surface area contributed by atoms with E-state index in [4.69, 9.17) is 0 Å². The summed E-state index contributed by atoms with van der Waals surface area (Å²) in [5.74, 6) is -1.85. The second-order valence-corrected chi connectivity index (χ2v) is 11.6. The molecule has 186 valence electrons. The summed E-state index contributed by atoms with van der Waals surface area (Å²) in [5, 5.41) is 14.6. The van der Waals surface area contributed by atoms with Crippen molar-refractivity contribution in [2.75, 3.05) is 6.54 Å². The first-order chi connectivity index (χ1) is 17.2. The van der Waals surface area contributed by atoms with Gasteiger partial charge in [-0.1, -0.05) is 48.5 Å². The van der Waals surface area contributed by atoms with Crippen molar-refractivity contribution >= 4 is 56.2 Å². The Hall–Kier alpha value is -3.34. The maximum atomic E-state index is 13.6. The van der Waals surface area contributed by atoms with Gasteiger partial charge in [0.1, 0.15) is 12.1 Å². The molecule has 1 aromatic heterocycles. The summed E-state index contributed by atoms with van der Waals surface area (Å²) in [6.45, 7) is 0.0521. The first kappa shape index (κ1) is 24.4. The third-order valence-corrected chi connectivity index (χ3v) is 8.82. The zero-order valence-electron chi connectivity index (χ0n) is 19.2. The number of aromatic nitrogens is 1. The van der Waals surface area contributed by atoms with Crippen LogP contribution in [0.5, 0.6) is 0 Å². The maximum Gasteiger partial charge on any atom is 0.326 e. The van der Waals surface area contributed by atoms with Gasteiger partial charge in [-0.2, -0.15) is 16.9 Å². The quantitative estimate of drug-likeness (QED) is 0.278. The lowest BCUT2D eigenvalue weighted by molar-refractivity contribution is -0.142. The molecule has 1 saturated heterocycles. The predicted molar refractivity (Wildman–Crippen MR) is 141 cm³/mol. The van der Waals surface area contributed by atoms with Crippen molar-refractivity contribution < 1.29 is 23.1 Å². The van der Waals surface area contributed by atoms with Crippen LogP contribution >= 0.6 is 12.6 Å². The molecule has 1 aliphatic rings. The van der Waals surface area contributed by atoms with Crippen LogP contribution in [0.3, 0.4) is 0 Å². The van der Waals surface area contributed by atoms with Gasteiger partial charge < -0.3 is 15.4 Å². The van der Waals surface area contributed by atoms with Crippen LogP contribution in [0.25, 0.3) is 21.7 Å². The van der Waals surface area contributed by atoms with Crippen LogP contribution in [-0.4, -0.2) is 58.6 Å². The summed E-state index contributed by atoms with van der Waals surface area (Å²) >= 11 is 4.45. The van der Waals surface area contributed by atoms with Gasteiger partial charge in [0.05, 0.1) is 4.90 Å². The number of para-hydroxylation sites is 1. The van der Waals surface area contributed by atoms with E-state index in [0.29, 0.717) is 0 Å². The Morgan fingerprint density at radius 1 is 1.08 bits per heavy atom. The topological polar surface area (TPSA) is 120 Å². The second-order valence-electron chi connectivity index (χ2n) is 8.95. The van der Waals surface area contributed by atoms with Crippen LogP contribution < -0.4 is 5.32 Å². The van der Waals surface area contributed by atoms with Crippen molar-refractivity contribution in [1.29, 1.82) is 0 Å². The van der Waals surface area contributed by atoms with Crippen molar-refractivity contribution in [1.82, 2.24) is 14.6 Å². The molecule has 1 amide bonds. The predicted octanol–water partition coefficient (Wildman–Crippen LogP) is 3.19. The fourth-order valence-corrected chi connectivity index (χ4v) is 6.91. The fourth-order valence-electron chi connectivity index (χ4n) is 4.74. The van der Waals surface area contributed by atoms with Crippen molar-refractivity contribution in [3.63, 3.8) is 0 Å². The molecular weight excluding hydrogens is 498 g/mol. The first-order valence-corrected chi connectivity index (χ1v) is 13.5. The summed E-state index contributed by atoms with van der Waals surface area (Å²) in [6.07, 6.45) is 1.96. The zero-order chi connectivity index (χ0) is 25.4. The molecule has 10 heteroatoms. The van der Waals surface area contributed by atoms with Crippen LogP contribution in [0.2, 0.25) is 0 Å². The Morgan fingerprint density at radius 2 is 1.81 bits per heavy atom. The number of nitrogens with zero attached hydrogens (tertiary/aromatic N) is 1. The van der Waals surface area contributed by atoms with Crippen LogP contribution in [0, 0.1) is 0 Å². The number of rotatable bonds is 7. The highest BCUT2D eigenvalue weighted by atomic mass is 32.2. The highest BCUT2D eigenvalue weighted by Gasteiger charge is 2.43. The molecular formula is C26H25N3O5S2. The number of aromatic amines is 1. The molecule has 5 rings (SSSR count). The molecule has 36 heavy (non-hydrogen) atoms. The lowest BCUT2D eigenvalue weighted by Gasteiger charge is -2.25. The van der Waals surface area contributed by atoms with Gasteiger partial charge in [0.2, 0.25) is 15.9 Å². The number of hydrogen-bond acceptors (Lipinski definition) is 5. The number of sulfonamides is 1. The molecule has 1 fully saturated rings. The molecule has 0 radical (unpaired) electrons. The number of hydrogen-bond donors (Lipinski definition) is 4. The minimum atomic E-state index is -4.02. The molecule has 0 bridgehead atoms. The molecule has 3 N–H and O–H groups in total. The van der Waals surface area contributed by atoms with Crippen LogP contribution in [0.1, 0.15) is 12.0 Å². The summed E-state index contributed by atoms with van der Waals surface area (Å²) in [4.78, 5) is 28.5. The number of carbonyl (C=O) groups excluding carboxylic acids is 1. The molecule has 1 unspecified atom stereocenters. The SMILES string of the molecule is O=C(O)C(Cc1c[nH]c2ccccc12)NC(=O)[C@@H]1C[C@@H](S)CN1S(=O)(=O)c1ccc2ccccc2c1. The second kappa shape index (κ2) is 9.61. The number of nitrogens with one attached hydrogen (secondary N) is 2. The van der Waals surface area contributed by atoms with E-state index in [-0.39, 0.29) is 29.5 Å². The number of benzene rings is 3. The van der Waals surface area contributed by atoms with Gasteiger partial charge >= 0.3 is 5.97 Å². The molecule has 0 spiro atoms. The van der Waals surface area contributed by atoms with Gasteiger partial charge in [-0.25, -0.2) is 13.2 Å². The minimum absolute atomic E-state index is 0.0521. The normalized spacial score (nSPS) is 19.5. The summed E-state index contributed by atoms with van der Waals surface area (Å²) < 4.78 is 28.2. The Labute approximate surface area is 213 Å². The summed E-state index contributed by atoms with van der Waals surface area (Å²) in [7, 11) is -4.02. The smallest absolute Gasteiger partial charge is 0.326 e. The van der Waals surface area contributed by atoms with E-state index in [2.05, 4.69) is 22.9 Å². The zero-order valence-corrected chi connectivity index (χ0v) is 20.9. The third-order valence-electron chi connectivity index (χ3n) is 6.58. The molecule has 0 aliphatic carbocycles. The number of fused-ring (bicyclic) bond motifs is 2. The number of amides is 1. The van der Waals surface area contributed by atoms with Crippen LogP contribution in [0.4, 0.5) is 0 Å². The van der Waals surface area contributed by atoms with Gasteiger partial charge in [0.15, 0.2) is 0 Å². The fraction of sp³-hybridized carbons (Fsp3) is 0.231. The van der Waals surface area contributed by atoms with E-state index in [1.54, 1.807) is 18.3 Å². The Kier molecular flexibility index (Phi) is 6.50. The highest BCUT2D eigenvalue weighted by molar-refractivity contribution is 7.89. The van der Waals surface area contributed by atoms with E-state index >= 15 is 0 Å². The lowest BCUT2D eigenvalue weighted by atomic mass is 10.0. The monoisotopic (exact) mass is 523 g/mol. The third kappa shape index (κ3) is 4.59. The van der Waals surface area contributed by atoms with Gasteiger partial charge in [0.25, 0.3) is 0 Å². The van der Waals surface area contributed by atoms with E-state index in [1.807, 2.05) is 48.5 Å². The number of carboxylic acid groups (broad SMARTS) is 1. The summed E-state index contributed by atoms with van der Waals surface area (Å²) in [6, 6.07) is 17.5. The highest BCUT2D eigenvalue weighted by Crippen LogP contribution is 2.30. The van der Waals surface area contributed by atoms with Crippen LogP contribution in [0.15, 0.2) is 77.8 Å². The average molecular weight is 524 g/mol. The first-order valence-electron chi connectivity index (χ1n) is 11.5. The van der Waals surface area contributed by atoms with Gasteiger partial charge in [-0.15, -0.1) is 0 Å². The molecule has 2 heterocycles. The largest absolute Gasteiger partial charge is 0.480 e. The number of aliphatic carboxylic acids is 1. The lowest BCUT2D eigenvalue weighted by Crippen LogP contribution is -2.51. The summed E-state index contributed by atoms with van der Waals surface area (Å²) in [5.41, 5.74) is 1.61. The van der Waals surface area contributed by atoms with Crippen LogP contribution in [-0.2, 0) is 26.0 Å². The minimum Gasteiger partial charge on any atom is -0.480 e. The van der Waals surface area contributed by atoms with Crippen molar-refractivity contribution in [2.45, 2.75) is 35.1 Å². The van der Waals surface area contributed by atoms with E-state index < -0.39 is 34.0 Å². The van der Waals surface area contributed by atoms with Crippen molar-refractivity contribution in [3.05, 3.63) is 78.5 Å². The Balaban J connectivity index is 1.39. The molecule has 1 aliphatic heterocycles. The van der Waals surface area contributed by atoms with Gasteiger partial charge in [0, 0.05) is 35.3 Å². The van der Waals surface area contributed by atoms with E-state index in [0.717, 1.165) is 31.5 Å². The number of carboxylic acids is 1. The van der Waals surface area contributed by atoms with E-state index in [9.17, 15) is 23.1 Å². The molecule has 0 saturated carbocycles. The molecule has 3 aromatic carbocycles. The Bertz CT molecular complexity index is 1570.